The van der Waals surface area contributed by atoms with E-state index >= 15 is 0 Å². The first-order chi connectivity index (χ1) is 14.4. The number of nitrogens with zero attached hydrogens (tertiary/aromatic N) is 2. The van der Waals surface area contributed by atoms with Crippen LogP contribution in [0.3, 0.4) is 0 Å². The van der Waals surface area contributed by atoms with Crippen molar-refractivity contribution in [1.82, 2.24) is 9.88 Å². The SMILES string of the molecule is Cc1ccn(-c2cc(F)ccc2F)c(=O)c1C(=O)Nc1cccc(C2=NCCN2)c1. The average Bonchev–Trinajstić information content (AvgIpc) is 3.25. The van der Waals surface area contributed by atoms with Crippen molar-refractivity contribution in [2.75, 3.05) is 18.4 Å². The fourth-order valence-electron chi connectivity index (χ4n) is 3.29. The topological polar surface area (TPSA) is 75.5 Å². The molecular formula is C22H18F2N4O2. The van der Waals surface area contributed by atoms with Crippen LogP contribution in [0.2, 0.25) is 0 Å². The molecule has 0 fully saturated rings. The van der Waals surface area contributed by atoms with E-state index in [2.05, 4.69) is 15.6 Å². The summed E-state index contributed by atoms with van der Waals surface area (Å²) < 4.78 is 28.7. The molecule has 0 unspecified atom stereocenters. The lowest BCUT2D eigenvalue weighted by Gasteiger charge is -2.12. The fourth-order valence-corrected chi connectivity index (χ4v) is 3.29. The van der Waals surface area contributed by atoms with Crippen LogP contribution < -0.4 is 16.2 Å². The van der Waals surface area contributed by atoms with Crippen LogP contribution in [0.1, 0.15) is 21.5 Å². The molecule has 4 rings (SSSR count). The van der Waals surface area contributed by atoms with Crippen molar-refractivity contribution in [3.05, 3.63) is 93.4 Å². The fraction of sp³-hybridized carbons (Fsp3) is 0.136. The zero-order valence-electron chi connectivity index (χ0n) is 16.1. The Morgan fingerprint density at radius 3 is 2.77 bits per heavy atom. The third kappa shape index (κ3) is 3.71. The third-order valence-electron chi connectivity index (χ3n) is 4.76. The minimum absolute atomic E-state index is 0.150. The number of anilines is 1. The number of aliphatic imine (C=N–C) groups is 1. The standard InChI is InChI=1S/C22H18F2N4O2/c1-13-7-10-28(18-12-15(23)5-6-17(18)24)22(30)19(13)21(29)27-16-4-2-3-14(11-16)20-25-8-9-26-20/h2-7,10-12H,8-9H2,1H3,(H,25,26)(H,27,29). The molecule has 0 saturated carbocycles. The monoisotopic (exact) mass is 408 g/mol. The van der Waals surface area contributed by atoms with Gasteiger partial charge in [0.2, 0.25) is 0 Å². The highest BCUT2D eigenvalue weighted by atomic mass is 19.1. The number of aryl methyl sites for hydroxylation is 1. The minimum Gasteiger partial charge on any atom is -0.368 e. The Labute approximate surface area is 170 Å². The van der Waals surface area contributed by atoms with Gasteiger partial charge in [0.25, 0.3) is 11.5 Å². The van der Waals surface area contributed by atoms with Crippen molar-refractivity contribution in [3.63, 3.8) is 0 Å². The Balaban J connectivity index is 1.69. The molecule has 152 valence electrons. The number of pyridine rings is 1. The molecule has 8 heteroatoms. The Morgan fingerprint density at radius 2 is 2.00 bits per heavy atom. The number of carbonyl (C=O) groups is 1. The molecule has 1 aliphatic rings. The maximum atomic E-state index is 14.2. The number of benzene rings is 2. The van der Waals surface area contributed by atoms with Gasteiger partial charge in [0.1, 0.15) is 23.0 Å². The number of hydrogen-bond acceptors (Lipinski definition) is 4. The Kier molecular flexibility index (Phi) is 5.14. The largest absolute Gasteiger partial charge is 0.368 e. The highest BCUT2D eigenvalue weighted by molar-refractivity contribution is 6.06. The first-order valence-electron chi connectivity index (χ1n) is 9.32. The summed E-state index contributed by atoms with van der Waals surface area (Å²) >= 11 is 0. The molecule has 1 aromatic heterocycles. The number of hydrogen-bond donors (Lipinski definition) is 2. The van der Waals surface area contributed by atoms with Crippen LogP contribution in [0.25, 0.3) is 5.69 Å². The van der Waals surface area contributed by atoms with Gasteiger partial charge in [-0.2, -0.15) is 0 Å². The highest BCUT2D eigenvalue weighted by Crippen LogP contribution is 2.17. The van der Waals surface area contributed by atoms with E-state index in [9.17, 15) is 18.4 Å². The minimum atomic E-state index is -0.772. The van der Waals surface area contributed by atoms with Gasteiger partial charge in [-0.15, -0.1) is 0 Å². The molecule has 0 spiro atoms. The molecular weight excluding hydrogens is 390 g/mol. The highest BCUT2D eigenvalue weighted by Gasteiger charge is 2.19. The van der Waals surface area contributed by atoms with E-state index in [1.165, 1.54) is 12.3 Å². The summed E-state index contributed by atoms with van der Waals surface area (Å²) in [5, 5.41) is 5.86. The van der Waals surface area contributed by atoms with Crippen LogP contribution >= 0.6 is 0 Å². The zero-order chi connectivity index (χ0) is 21.3. The lowest BCUT2D eigenvalue weighted by molar-refractivity contribution is 0.102. The quantitative estimate of drug-likeness (QED) is 0.697. The summed E-state index contributed by atoms with van der Waals surface area (Å²) in [6.45, 7) is 3.05. The maximum absolute atomic E-state index is 14.2. The van der Waals surface area contributed by atoms with Gasteiger partial charge >= 0.3 is 0 Å². The molecule has 30 heavy (non-hydrogen) atoms. The van der Waals surface area contributed by atoms with Crippen LogP contribution in [-0.4, -0.2) is 29.4 Å². The molecule has 0 atom stereocenters. The van der Waals surface area contributed by atoms with E-state index in [1.54, 1.807) is 25.1 Å². The van der Waals surface area contributed by atoms with Gasteiger partial charge < -0.3 is 10.6 Å². The first-order valence-corrected chi connectivity index (χ1v) is 9.32. The van der Waals surface area contributed by atoms with Crippen molar-refractivity contribution < 1.29 is 13.6 Å². The summed E-state index contributed by atoms with van der Waals surface area (Å²) in [5.41, 5.74) is 0.567. The number of amides is 1. The first kappa shape index (κ1) is 19.5. The predicted octanol–water partition coefficient (Wildman–Crippen LogP) is 3.03. The predicted molar refractivity (Wildman–Crippen MR) is 110 cm³/mol. The van der Waals surface area contributed by atoms with Gasteiger partial charge in [0.15, 0.2) is 0 Å². The van der Waals surface area contributed by atoms with Crippen molar-refractivity contribution in [1.29, 1.82) is 0 Å². The van der Waals surface area contributed by atoms with Gasteiger partial charge in [-0.1, -0.05) is 12.1 Å². The second-order valence-electron chi connectivity index (χ2n) is 6.84. The lowest BCUT2D eigenvalue weighted by atomic mass is 10.1. The summed E-state index contributed by atoms with van der Waals surface area (Å²) in [4.78, 5) is 30.2. The van der Waals surface area contributed by atoms with Crippen molar-refractivity contribution in [2.45, 2.75) is 6.92 Å². The van der Waals surface area contributed by atoms with Crippen molar-refractivity contribution in [3.8, 4) is 5.69 Å². The van der Waals surface area contributed by atoms with Crippen molar-refractivity contribution in [2.24, 2.45) is 4.99 Å². The van der Waals surface area contributed by atoms with Crippen LogP contribution in [0.4, 0.5) is 14.5 Å². The molecule has 2 aromatic carbocycles. The second-order valence-corrected chi connectivity index (χ2v) is 6.84. The molecule has 3 aromatic rings. The maximum Gasteiger partial charge on any atom is 0.268 e. The van der Waals surface area contributed by atoms with E-state index in [-0.39, 0.29) is 11.3 Å². The summed E-state index contributed by atoms with van der Waals surface area (Å²) in [6, 6.07) is 11.4. The average molecular weight is 408 g/mol. The van der Waals surface area contributed by atoms with E-state index in [0.717, 1.165) is 40.7 Å². The van der Waals surface area contributed by atoms with Crippen LogP contribution in [0.5, 0.6) is 0 Å². The van der Waals surface area contributed by atoms with Gasteiger partial charge in [0, 0.05) is 30.1 Å². The Bertz CT molecular complexity index is 1230. The molecule has 1 aliphatic heterocycles. The van der Waals surface area contributed by atoms with Crippen LogP contribution in [0.15, 0.2) is 64.5 Å². The van der Waals surface area contributed by atoms with Crippen LogP contribution in [0, 0.1) is 18.6 Å². The molecule has 1 amide bonds. The number of halogens is 2. The van der Waals surface area contributed by atoms with E-state index in [0.29, 0.717) is 17.8 Å². The van der Waals surface area contributed by atoms with Crippen LogP contribution in [-0.2, 0) is 0 Å². The van der Waals surface area contributed by atoms with E-state index in [1.807, 2.05) is 6.07 Å². The third-order valence-corrected chi connectivity index (χ3v) is 4.76. The van der Waals surface area contributed by atoms with Gasteiger partial charge in [-0.3, -0.25) is 19.1 Å². The smallest absolute Gasteiger partial charge is 0.268 e. The number of amidine groups is 1. The van der Waals surface area contributed by atoms with Gasteiger partial charge in [0.05, 0.1) is 12.2 Å². The van der Waals surface area contributed by atoms with Gasteiger partial charge in [-0.25, -0.2) is 8.78 Å². The normalized spacial score (nSPS) is 13.0. The zero-order valence-corrected chi connectivity index (χ0v) is 16.1. The molecule has 0 aliphatic carbocycles. The molecule has 6 nitrogen and oxygen atoms in total. The Hall–Kier alpha value is -3.81. The number of aromatic nitrogens is 1. The molecule has 2 N–H and O–H groups in total. The van der Waals surface area contributed by atoms with Gasteiger partial charge in [-0.05, 0) is 42.8 Å². The summed E-state index contributed by atoms with van der Waals surface area (Å²) in [5.74, 6) is -1.36. The van der Waals surface area contributed by atoms with E-state index < -0.39 is 23.1 Å². The molecule has 0 bridgehead atoms. The lowest BCUT2D eigenvalue weighted by Crippen LogP contribution is -2.30. The van der Waals surface area contributed by atoms with Crippen molar-refractivity contribution >= 4 is 17.4 Å². The van der Waals surface area contributed by atoms with E-state index in [4.69, 9.17) is 0 Å². The number of rotatable bonds is 4. The summed E-state index contributed by atoms with van der Waals surface area (Å²) in [6.07, 6.45) is 1.32. The molecule has 0 radical (unpaired) electrons. The number of nitrogens with one attached hydrogen (secondary N) is 2. The molecule has 2 heterocycles. The number of carbonyl (C=O) groups excluding carboxylic acids is 1. The summed E-state index contributed by atoms with van der Waals surface area (Å²) in [7, 11) is 0. The Morgan fingerprint density at radius 1 is 1.17 bits per heavy atom. The second kappa shape index (κ2) is 7.90. The molecule has 0 saturated heterocycles.